The lowest BCUT2D eigenvalue weighted by molar-refractivity contribution is -0.156. The van der Waals surface area contributed by atoms with Crippen molar-refractivity contribution in [2.24, 2.45) is 0 Å². The summed E-state index contributed by atoms with van der Waals surface area (Å²) in [6, 6.07) is 0. The minimum atomic E-state index is -3.03. The molecule has 6 heteroatoms. The van der Waals surface area contributed by atoms with Crippen LogP contribution in [-0.4, -0.2) is 43.2 Å². The van der Waals surface area contributed by atoms with E-state index in [1.54, 1.807) is 0 Å². The number of carbonyl (C=O) groups excluding carboxylic acids is 1. The van der Waals surface area contributed by atoms with E-state index >= 15 is 0 Å². The van der Waals surface area contributed by atoms with Crippen LogP contribution in [-0.2, 0) is 19.4 Å². The van der Waals surface area contributed by atoms with Gasteiger partial charge in [-0.3, -0.25) is 0 Å². The van der Waals surface area contributed by atoms with Crippen LogP contribution in [0.4, 0.5) is 0 Å². The van der Waals surface area contributed by atoms with E-state index in [0.29, 0.717) is 6.42 Å². The van der Waals surface area contributed by atoms with Gasteiger partial charge in [-0.1, -0.05) is 0 Å². The van der Waals surface area contributed by atoms with E-state index in [-0.39, 0.29) is 11.5 Å². The lowest BCUT2D eigenvalue weighted by Crippen LogP contribution is -2.26. The molecule has 1 N–H and O–H groups in total. The van der Waals surface area contributed by atoms with Crippen molar-refractivity contribution in [2.45, 2.75) is 25.6 Å². The van der Waals surface area contributed by atoms with Crippen molar-refractivity contribution in [3.05, 3.63) is 0 Å². The molecule has 76 valence electrons. The van der Waals surface area contributed by atoms with E-state index in [1.807, 2.05) is 0 Å². The Morgan fingerprint density at radius 1 is 1.62 bits per heavy atom. The topological polar surface area (TPSA) is 80.7 Å². The maximum absolute atomic E-state index is 10.9. The zero-order chi connectivity index (χ0) is 10.1. The van der Waals surface area contributed by atoms with Gasteiger partial charge >= 0.3 is 5.97 Å². The molecular formula is C7H12O5S. The van der Waals surface area contributed by atoms with Crippen molar-refractivity contribution in [1.82, 2.24) is 0 Å². The smallest absolute Gasteiger partial charge is 0.334 e. The first-order chi connectivity index (χ1) is 5.91. The van der Waals surface area contributed by atoms with Gasteiger partial charge in [0.05, 0.1) is 11.5 Å². The Kier molecular flexibility index (Phi) is 2.92. The Morgan fingerprint density at radius 3 is 2.62 bits per heavy atom. The Balaban J connectivity index is 2.46. The van der Waals surface area contributed by atoms with Crippen LogP contribution >= 0.6 is 0 Å². The second-order valence-electron chi connectivity index (χ2n) is 3.14. The molecule has 0 aromatic heterocycles. The van der Waals surface area contributed by atoms with E-state index in [4.69, 9.17) is 9.84 Å². The zero-order valence-corrected chi connectivity index (χ0v) is 8.08. The molecule has 0 radical (unpaired) electrons. The molecule has 1 saturated heterocycles. The summed E-state index contributed by atoms with van der Waals surface area (Å²) in [5.74, 6) is -0.821. The summed E-state index contributed by atoms with van der Waals surface area (Å²) in [6.07, 6.45) is -1.43. The summed E-state index contributed by atoms with van der Waals surface area (Å²) in [4.78, 5) is 10.8. The summed E-state index contributed by atoms with van der Waals surface area (Å²) in [7, 11) is -3.03. The minimum Gasteiger partial charge on any atom is -0.459 e. The van der Waals surface area contributed by atoms with E-state index in [2.05, 4.69) is 0 Å². The SMILES string of the molecule is C[C@@H](O)C(=O)OC1CCS(=O)(=O)C1. The number of carbonyl (C=O) groups is 1. The molecule has 1 rings (SSSR count). The van der Waals surface area contributed by atoms with Gasteiger partial charge in [-0.15, -0.1) is 0 Å². The Morgan fingerprint density at radius 2 is 2.23 bits per heavy atom. The minimum absolute atomic E-state index is 0.0603. The van der Waals surface area contributed by atoms with Gasteiger partial charge in [0.15, 0.2) is 9.84 Å². The summed E-state index contributed by atoms with van der Waals surface area (Å²) in [5.41, 5.74) is 0. The maximum atomic E-state index is 10.9. The predicted molar refractivity (Wildman–Crippen MR) is 44.8 cm³/mol. The monoisotopic (exact) mass is 208 g/mol. The van der Waals surface area contributed by atoms with Crippen molar-refractivity contribution < 1.29 is 23.1 Å². The number of esters is 1. The molecule has 0 aromatic rings. The summed E-state index contributed by atoms with van der Waals surface area (Å²) in [5, 5.41) is 8.79. The molecule has 0 spiro atoms. The average Bonchev–Trinajstić information content (AvgIpc) is 2.30. The summed E-state index contributed by atoms with van der Waals surface area (Å²) >= 11 is 0. The number of aliphatic hydroxyl groups is 1. The number of sulfone groups is 1. The van der Waals surface area contributed by atoms with Gasteiger partial charge in [0.2, 0.25) is 0 Å². The molecule has 13 heavy (non-hydrogen) atoms. The highest BCUT2D eigenvalue weighted by molar-refractivity contribution is 7.91. The third kappa shape index (κ3) is 2.96. The molecule has 0 aromatic carbocycles. The van der Waals surface area contributed by atoms with Crippen molar-refractivity contribution in [2.75, 3.05) is 11.5 Å². The molecular weight excluding hydrogens is 196 g/mol. The Labute approximate surface area is 76.6 Å². The first kappa shape index (κ1) is 10.5. The van der Waals surface area contributed by atoms with Crippen LogP contribution in [0.5, 0.6) is 0 Å². The second kappa shape index (κ2) is 3.63. The molecule has 0 amide bonds. The molecule has 5 nitrogen and oxygen atoms in total. The molecule has 0 saturated carbocycles. The lowest BCUT2D eigenvalue weighted by atomic mass is 10.3. The van der Waals surface area contributed by atoms with Crippen molar-refractivity contribution in [3.8, 4) is 0 Å². The molecule has 0 bridgehead atoms. The van der Waals surface area contributed by atoms with Crippen LogP contribution < -0.4 is 0 Å². The zero-order valence-electron chi connectivity index (χ0n) is 7.26. The van der Waals surface area contributed by atoms with Gasteiger partial charge < -0.3 is 9.84 Å². The molecule has 0 aliphatic carbocycles. The van der Waals surface area contributed by atoms with Crippen LogP contribution in [0.1, 0.15) is 13.3 Å². The number of hydrogen-bond donors (Lipinski definition) is 1. The summed E-state index contributed by atoms with van der Waals surface area (Å²) < 4.78 is 26.6. The molecule has 1 unspecified atom stereocenters. The number of rotatable bonds is 2. The van der Waals surface area contributed by atoms with E-state index < -0.39 is 28.0 Å². The van der Waals surface area contributed by atoms with Gasteiger partial charge in [-0.05, 0) is 13.3 Å². The normalized spacial score (nSPS) is 28.3. The molecule has 2 atom stereocenters. The van der Waals surface area contributed by atoms with Gasteiger partial charge in [0.25, 0.3) is 0 Å². The van der Waals surface area contributed by atoms with E-state index in [1.165, 1.54) is 6.92 Å². The highest BCUT2D eigenvalue weighted by Gasteiger charge is 2.31. The highest BCUT2D eigenvalue weighted by atomic mass is 32.2. The van der Waals surface area contributed by atoms with Crippen molar-refractivity contribution in [1.29, 1.82) is 0 Å². The van der Waals surface area contributed by atoms with Crippen LogP contribution in [0.15, 0.2) is 0 Å². The largest absolute Gasteiger partial charge is 0.459 e. The number of hydrogen-bond acceptors (Lipinski definition) is 5. The van der Waals surface area contributed by atoms with Gasteiger partial charge in [-0.25, -0.2) is 13.2 Å². The van der Waals surface area contributed by atoms with Gasteiger partial charge in [0.1, 0.15) is 12.2 Å². The van der Waals surface area contributed by atoms with E-state index in [9.17, 15) is 13.2 Å². The lowest BCUT2D eigenvalue weighted by Gasteiger charge is -2.11. The number of ether oxygens (including phenoxy) is 1. The first-order valence-electron chi connectivity index (χ1n) is 4.00. The fraction of sp³-hybridized carbons (Fsp3) is 0.857. The fourth-order valence-electron chi connectivity index (χ4n) is 1.12. The van der Waals surface area contributed by atoms with Crippen molar-refractivity contribution >= 4 is 15.8 Å². The Bertz CT molecular complexity index is 292. The third-order valence-corrected chi connectivity index (χ3v) is 3.55. The molecule has 1 heterocycles. The predicted octanol–water partition coefficient (Wildman–Crippen LogP) is -0.903. The first-order valence-corrected chi connectivity index (χ1v) is 5.82. The van der Waals surface area contributed by atoms with Crippen molar-refractivity contribution in [3.63, 3.8) is 0 Å². The van der Waals surface area contributed by atoms with Crippen LogP contribution in [0.2, 0.25) is 0 Å². The average molecular weight is 208 g/mol. The molecule has 1 aliphatic heterocycles. The standard InChI is InChI=1S/C7H12O5S/c1-5(8)7(9)12-6-2-3-13(10,11)4-6/h5-6,8H,2-4H2,1H3/t5-,6?/m1/s1. The number of aliphatic hydroxyl groups excluding tert-OH is 1. The Hall–Kier alpha value is -0.620. The van der Waals surface area contributed by atoms with Gasteiger partial charge in [0, 0.05) is 0 Å². The molecule has 1 aliphatic rings. The third-order valence-electron chi connectivity index (χ3n) is 1.81. The molecule has 1 fully saturated rings. The van der Waals surface area contributed by atoms with E-state index in [0.717, 1.165) is 0 Å². The fourth-order valence-corrected chi connectivity index (χ4v) is 2.71. The van der Waals surface area contributed by atoms with Gasteiger partial charge in [-0.2, -0.15) is 0 Å². The maximum Gasteiger partial charge on any atom is 0.334 e. The van der Waals surface area contributed by atoms with Crippen LogP contribution in [0.3, 0.4) is 0 Å². The summed E-state index contributed by atoms with van der Waals surface area (Å²) in [6.45, 7) is 1.28. The second-order valence-corrected chi connectivity index (χ2v) is 5.37. The highest BCUT2D eigenvalue weighted by Crippen LogP contribution is 2.15. The quantitative estimate of drug-likeness (QED) is 0.595. The van der Waals surface area contributed by atoms with Crippen LogP contribution in [0.25, 0.3) is 0 Å². The van der Waals surface area contributed by atoms with Crippen LogP contribution in [0, 0.1) is 0 Å².